The van der Waals surface area contributed by atoms with Gasteiger partial charge >= 0.3 is 5.97 Å². The summed E-state index contributed by atoms with van der Waals surface area (Å²) in [5.74, 6) is -0.135. The minimum absolute atomic E-state index is 0.135. The summed E-state index contributed by atoms with van der Waals surface area (Å²) in [5.41, 5.74) is 0. The van der Waals surface area contributed by atoms with Crippen molar-refractivity contribution in [2.75, 3.05) is 6.61 Å². The van der Waals surface area contributed by atoms with Crippen LogP contribution in [0.4, 0.5) is 0 Å². The minimum atomic E-state index is -0.135. The highest BCUT2D eigenvalue weighted by molar-refractivity contribution is 5.69. The molecule has 0 aromatic heterocycles. The van der Waals surface area contributed by atoms with E-state index >= 15 is 0 Å². The molecule has 0 rings (SSSR count). The lowest BCUT2D eigenvalue weighted by molar-refractivity contribution is -0.143. The SMILES string of the molecule is [CH]=CCCCC(=O)OCC. The molecule has 57 valence electrons. The van der Waals surface area contributed by atoms with Gasteiger partial charge in [0.05, 0.1) is 6.61 Å². The minimum Gasteiger partial charge on any atom is -0.466 e. The topological polar surface area (TPSA) is 26.3 Å². The van der Waals surface area contributed by atoms with Gasteiger partial charge in [-0.3, -0.25) is 4.79 Å². The summed E-state index contributed by atoms with van der Waals surface area (Å²) >= 11 is 0. The average Bonchev–Trinajstić information content (AvgIpc) is 1.89. The molecule has 0 N–H and O–H groups in total. The van der Waals surface area contributed by atoms with E-state index in [4.69, 9.17) is 11.3 Å². The van der Waals surface area contributed by atoms with Crippen LogP contribution >= 0.6 is 0 Å². The van der Waals surface area contributed by atoms with E-state index < -0.39 is 0 Å². The zero-order valence-electron chi connectivity index (χ0n) is 6.30. The molecule has 0 heterocycles. The van der Waals surface area contributed by atoms with Gasteiger partial charge in [-0.25, -0.2) is 0 Å². The average molecular weight is 141 g/mol. The van der Waals surface area contributed by atoms with E-state index in [0.29, 0.717) is 13.0 Å². The van der Waals surface area contributed by atoms with E-state index in [1.807, 2.05) is 0 Å². The van der Waals surface area contributed by atoms with E-state index in [2.05, 4.69) is 0 Å². The number of unbranched alkanes of at least 4 members (excludes halogenated alkanes) is 1. The van der Waals surface area contributed by atoms with Crippen LogP contribution in [-0.4, -0.2) is 12.6 Å². The largest absolute Gasteiger partial charge is 0.466 e. The molecule has 0 aliphatic rings. The third kappa shape index (κ3) is 5.35. The monoisotopic (exact) mass is 141 g/mol. The molecule has 0 saturated heterocycles. The highest BCUT2D eigenvalue weighted by Gasteiger charge is 1.97. The second-order valence-corrected chi connectivity index (χ2v) is 1.93. The first kappa shape index (κ1) is 9.21. The maximum Gasteiger partial charge on any atom is 0.305 e. The van der Waals surface area contributed by atoms with E-state index in [9.17, 15) is 4.79 Å². The lowest BCUT2D eigenvalue weighted by Gasteiger charge is -1.98. The van der Waals surface area contributed by atoms with Crippen molar-refractivity contribution in [2.45, 2.75) is 26.2 Å². The van der Waals surface area contributed by atoms with Gasteiger partial charge in [-0.05, 0) is 19.8 Å². The quantitative estimate of drug-likeness (QED) is 0.430. The molecular weight excluding hydrogens is 128 g/mol. The number of allylic oxidation sites excluding steroid dienone is 1. The Morgan fingerprint density at radius 3 is 2.90 bits per heavy atom. The molecule has 0 aliphatic heterocycles. The fourth-order valence-corrected chi connectivity index (χ4v) is 0.597. The Kier molecular flexibility index (Phi) is 5.83. The van der Waals surface area contributed by atoms with Crippen LogP contribution in [0.15, 0.2) is 6.08 Å². The fraction of sp³-hybridized carbons (Fsp3) is 0.625. The van der Waals surface area contributed by atoms with Gasteiger partial charge in [-0.15, -0.1) is 0 Å². The molecule has 0 bridgehead atoms. The van der Waals surface area contributed by atoms with Crippen molar-refractivity contribution >= 4 is 5.97 Å². The number of hydrogen-bond acceptors (Lipinski definition) is 2. The molecule has 0 aliphatic carbocycles. The Balaban J connectivity index is 3.13. The van der Waals surface area contributed by atoms with Crippen LogP contribution in [-0.2, 0) is 9.53 Å². The van der Waals surface area contributed by atoms with Crippen molar-refractivity contribution in [2.24, 2.45) is 0 Å². The molecule has 0 amide bonds. The van der Waals surface area contributed by atoms with Crippen molar-refractivity contribution in [1.82, 2.24) is 0 Å². The standard InChI is InChI=1S/C8H13O2/c1-3-5-6-7-8(9)10-4-2/h1,3H,4-7H2,2H3. The van der Waals surface area contributed by atoms with Crippen LogP contribution in [0, 0.1) is 6.58 Å². The van der Waals surface area contributed by atoms with E-state index in [1.165, 1.54) is 0 Å². The van der Waals surface area contributed by atoms with Crippen molar-refractivity contribution in [3.05, 3.63) is 12.7 Å². The summed E-state index contributed by atoms with van der Waals surface area (Å²) in [5, 5.41) is 0. The summed E-state index contributed by atoms with van der Waals surface area (Å²) in [6.07, 6.45) is 3.59. The molecule has 0 aromatic rings. The van der Waals surface area contributed by atoms with Crippen LogP contribution in [0.2, 0.25) is 0 Å². The molecular formula is C8H13O2. The second-order valence-electron chi connectivity index (χ2n) is 1.93. The van der Waals surface area contributed by atoms with Crippen LogP contribution < -0.4 is 0 Å². The smallest absolute Gasteiger partial charge is 0.305 e. The predicted molar refractivity (Wildman–Crippen MR) is 39.4 cm³/mol. The number of ether oxygens (including phenoxy) is 1. The summed E-state index contributed by atoms with van der Waals surface area (Å²) in [7, 11) is 0. The van der Waals surface area contributed by atoms with Crippen molar-refractivity contribution in [3.63, 3.8) is 0 Å². The Bertz CT molecular complexity index is 108. The highest BCUT2D eigenvalue weighted by Crippen LogP contribution is 1.97. The Morgan fingerprint density at radius 1 is 1.70 bits per heavy atom. The van der Waals surface area contributed by atoms with E-state index in [1.54, 1.807) is 13.0 Å². The summed E-state index contributed by atoms with van der Waals surface area (Å²) in [6.45, 7) is 7.37. The lowest BCUT2D eigenvalue weighted by Crippen LogP contribution is -2.02. The van der Waals surface area contributed by atoms with Gasteiger partial charge in [0.15, 0.2) is 0 Å². The first-order chi connectivity index (χ1) is 4.81. The van der Waals surface area contributed by atoms with Crippen molar-refractivity contribution in [1.29, 1.82) is 0 Å². The summed E-state index contributed by atoms with van der Waals surface area (Å²) < 4.78 is 4.69. The number of hydrogen-bond donors (Lipinski definition) is 0. The maximum absolute atomic E-state index is 10.6. The lowest BCUT2D eigenvalue weighted by atomic mass is 10.2. The van der Waals surface area contributed by atoms with Crippen molar-refractivity contribution < 1.29 is 9.53 Å². The summed E-state index contributed by atoms with van der Waals surface area (Å²) in [4.78, 5) is 10.6. The van der Waals surface area contributed by atoms with E-state index in [0.717, 1.165) is 12.8 Å². The Morgan fingerprint density at radius 2 is 2.40 bits per heavy atom. The Hall–Kier alpha value is -0.790. The molecule has 1 radical (unpaired) electrons. The first-order valence-corrected chi connectivity index (χ1v) is 3.50. The van der Waals surface area contributed by atoms with Gasteiger partial charge in [0, 0.05) is 6.42 Å². The summed E-state index contributed by atoms with van der Waals surface area (Å²) in [6, 6.07) is 0. The highest BCUT2D eigenvalue weighted by atomic mass is 16.5. The third-order valence-corrected chi connectivity index (χ3v) is 1.06. The van der Waals surface area contributed by atoms with Crippen molar-refractivity contribution in [3.8, 4) is 0 Å². The van der Waals surface area contributed by atoms with Gasteiger partial charge in [-0.1, -0.05) is 12.7 Å². The maximum atomic E-state index is 10.6. The number of carbonyl (C=O) groups is 1. The zero-order valence-corrected chi connectivity index (χ0v) is 6.30. The molecule has 0 fully saturated rings. The Labute approximate surface area is 61.9 Å². The van der Waals surface area contributed by atoms with Gasteiger partial charge < -0.3 is 4.74 Å². The van der Waals surface area contributed by atoms with Gasteiger partial charge in [0.2, 0.25) is 0 Å². The number of rotatable bonds is 5. The zero-order chi connectivity index (χ0) is 7.82. The molecule has 0 saturated carbocycles. The van der Waals surface area contributed by atoms with Crippen LogP contribution in [0.1, 0.15) is 26.2 Å². The second kappa shape index (κ2) is 6.33. The molecule has 10 heavy (non-hydrogen) atoms. The normalized spacial score (nSPS) is 8.90. The van der Waals surface area contributed by atoms with Crippen LogP contribution in [0.3, 0.4) is 0 Å². The van der Waals surface area contributed by atoms with E-state index in [-0.39, 0.29) is 5.97 Å². The number of esters is 1. The number of carbonyl (C=O) groups excluding carboxylic acids is 1. The van der Waals surface area contributed by atoms with Gasteiger partial charge in [0.1, 0.15) is 0 Å². The fourth-order valence-electron chi connectivity index (χ4n) is 0.597. The van der Waals surface area contributed by atoms with Crippen LogP contribution in [0.5, 0.6) is 0 Å². The first-order valence-electron chi connectivity index (χ1n) is 3.50. The van der Waals surface area contributed by atoms with Gasteiger partial charge in [-0.2, -0.15) is 0 Å². The molecule has 0 atom stereocenters. The predicted octanol–water partition coefficient (Wildman–Crippen LogP) is 1.71. The molecule has 0 unspecified atom stereocenters. The molecule has 2 nitrogen and oxygen atoms in total. The molecule has 2 heteroatoms. The van der Waals surface area contributed by atoms with Gasteiger partial charge in [0.25, 0.3) is 0 Å². The van der Waals surface area contributed by atoms with Crippen LogP contribution in [0.25, 0.3) is 0 Å². The molecule has 0 aromatic carbocycles. The molecule has 0 spiro atoms. The third-order valence-electron chi connectivity index (χ3n) is 1.06.